The van der Waals surface area contributed by atoms with Crippen LogP contribution in [0, 0.1) is 13.8 Å². The summed E-state index contributed by atoms with van der Waals surface area (Å²) < 4.78 is 90.8. The molecule has 3 amide bonds. The lowest BCUT2D eigenvalue weighted by molar-refractivity contribution is -0.411. The number of anilines is 1. The Labute approximate surface area is 243 Å². The Morgan fingerprint density at radius 1 is 1.07 bits per heavy atom. The van der Waals surface area contributed by atoms with Crippen LogP contribution in [-0.2, 0) is 9.47 Å². The van der Waals surface area contributed by atoms with Crippen LogP contribution in [0.2, 0.25) is 5.02 Å². The van der Waals surface area contributed by atoms with Gasteiger partial charge in [-0.15, -0.1) is 18.3 Å². The SMILES string of the molecule is COC(=O)N(C)NC(=O)c1cc(Cl)cc(C)c1NC(=O)c1cc(OC(F)(F)C(F)OC(F)(F)F)nn1-c1ncccc1C. The molecular formula is C24H21ClF6N6O6. The lowest BCUT2D eigenvalue weighted by atomic mass is 10.1. The van der Waals surface area contributed by atoms with E-state index in [9.17, 15) is 40.7 Å². The number of aryl methyl sites for hydroxylation is 2. The number of amides is 3. The standard InChI is InChI=1S/C24H21ClF6N6O6/c1-11-6-5-7-32-18(11)37-15(10-16(34-37)42-23(27,28)21(26)43-24(29,30)31)20(39)33-17-12(2)8-13(25)9-14(17)19(38)35-36(3)22(40)41-4/h5-10,21H,1-4H3,(H,33,39)(H,35,38). The van der Waals surface area contributed by atoms with E-state index in [2.05, 4.69) is 35.0 Å². The molecule has 0 aliphatic carbocycles. The number of ether oxygens (including phenoxy) is 3. The van der Waals surface area contributed by atoms with Crippen molar-refractivity contribution in [2.75, 3.05) is 19.5 Å². The van der Waals surface area contributed by atoms with E-state index in [0.29, 0.717) is 21.3 Å². The van der Waals surface area contributed by atoms with Gasteiger partial charge in [-0.1, -0.05) is 17.7 Å². The summed E-state index contributed by atoms with van der Waals surface area (Å²) in [5, 5.41) is 6.83. The van der Waals surface area contributed by atoms with E-state index in [-0.39, 0.29) is 27.7 Å². The minimum atomic E-state index is -5.76. The fourth-order valence-corrected chi connectivity index (χ4v) is 3.74. The molecule has 19 heteroatoms. The summed E-state index contributed by atoms with van der Waals surface area (Å²) >= 11 is 6.08. The van der Waals surface area contributed by atoms with Crippen LogP contribution in [0.3, 0.4) is 0 Å². The number of carbonyl (C=O) groups excluding carboxylic acids is 3. The molecule has 2 heterocycles. The second kappa shape index (κ2) is 12.7. The molecule has 12 nitrogen and oxygen atoms in total. The highest BCUT2D eigenvalue weighted by atomic mass is 35.5. The molecule has 0 saturated heterocycles. The van der Waals surface area contributed by atoms with Crippen LogP contribution in [0.5, 0.6) is 5.88 Å². The van der Waals surface area contributed by atoms with Gasteiger partial charge >= 0.3 is 24.9 Å². The van der Waals surface area contributed by atoms with Crippen LogP contribution in [0.25, 0.3) is 5.82 Å². The highest BCUT2D eigenvalue weighted by Gasteiger charge is 2.51. The normalized spacial score (nSPS) is 12.3. The number of hydrazine groups is 1. The first-order chi connectivity index (χ1) is 19.9. The number of nitrogens with zero attached hydrogens (tertiary/aromatic N) is 4. The number of alkyl halides is 6. The summed E-state index contributed by atoms with van der Waals surface area (Å²) in [7, 11) is 2.24. The Morgan fingerprint density at radius 3 is 2.35 bits per heavy atom. The summed E-state index contributed by atoms with van der Waals surface area (Å²) in [5.74, 6) is -3.32. The minimum Gasteiger partial charge on any atom is -0.452 e. The molecule has 0 bridgehead atoms. The number of hydrogen-bond acceptors (Lipinski definition) is 8. The van der Waals surface area contributed by atoms with Gasteiger partial charge in [-0.05, 0) is 43.2 Å². The van der Waals surface area contributed by atoms with Crippen molar-refractivity contribution >= 4 is 35.2 Å². The Bertz CT molecular complexity index is 1530. The van der Waals surface area contributed by atoms with Gasteiger partial charge in [-0.2, -0.15) is 8.78 Å². The number of benzene rings is 1. The van der Waals surface area contributed by atoms with Crippen molar-refractivity contribution < 1.29 is 54.9 Å². The first-order valence-electron chi connectivity index (χ1n) is 11.6. The van der Waals surface area contributed by atoms with Crippen molar-refractivity contribution in [3.63, 3.8) is 0 Å². The lowest BCUT2D eigenvalue weighted by Gasteiger charge is -2.20. The molecule has 0 spiro atoms. The number of carbonyl (C=O) groups is 3. The van der Waals surface area contributed by atoms with Crippen LogP contribution in [0.1, 0.15) is 32.0 Å². The third-order valence-electron chi connectivity index (χ3n) is 5.35. The highest BCUT2D eigenvalue weighted by Crippen LogP contribution is 2.33. The van der Waals surface area contributed by atoms with Crippen molar-refractivity contribution in [1.29, 1.82) is 0 Å². The molecule has 0 radical (unpaired) electrons. The average molecular weight is 639 g/mol. The van der Waals surface area contributed by atoms with Crippen molar-refractivity contribution in [2.45, 2.75) is 32.7 Å². The molecule has 1 atom stereocenters. The van der Waals surface area contributed by atoms with Gasteiger partial charge in [0.25, 0.3) is 11.8 Å². The molecule has 3 rings (SSSR count). The molecule has 1 aromatic carbocycles. The molecule has 2 aromatic heterocycles. The second-order valence-corrected chi connectivity index (χ2v) is 8.97. The van der Waals surface area contributed by atoms with E-state index in [1.165, 1.54) is 45.3 Å². The molecular weight excluding hydrogens is 618 g/mol. The third-order valence-corrected chi connectivity index (χ3v) is 5.56. The summed E-state index contributed by atoms with van der Waals surface area (Å²) in [4.78, 5) is 42.1. The van der Waals surface area contributed by atoms with Crippen molar-refractivity contribution in [3.05, 3.63) is 63.9 Å². The fourth-order valence-electron chi connectivity index (χ4n) is 3.46. The van der Waals surface area contributed by atoms with Gasteiger partial charge in [-0.25, -0.2) is 28.6 Å². The van der Waals surface area contributed by atoms with E-state index < -0.39 is 48.3 Å². The third kappa shape index (κ3) is 8.04. The summed E-state index contributed by atoms with van der Waals surface area (Å²) in [5.41, 5.74) is 1.83. The molecule has 43 heavy (non-hydrogen) atoms. The zero-order valence-corrected chi connectivity index (χ0v) is 23.2. The number of rotatable bonds is 8. The molecule has 0 saturated carbocycles. The average Bonchev–Trinajstić information content (AvgIpc) is 3.31. The van der Waals surface area contributed by atoms with Gasteiger partial charge in [0, 0.05) is 24.3 Å². The molecule has 3 aromatic rings. The van der Waals surface area contributed by atoms with Gasteiger partial charge in [0.15, 0.2) is 5.82 Å². The number of methoxy groups -OCH3 is 1. The lowest BCUT2D eigenvalue weighted by Crippen LogP contribution is -2.43. The van der Waals surface area contributed by atoms with E-state index in [0.717, 1.165) is 13.2 Å². The van der Waals surface area contributed by atoms with Gasteiger partial charge in [0.2, 0.25) is 5.88 Å². The van der Waals surface area contributed by atoms with Crippen molar-refractivity contribution in [1.82, 2.24) is 25.2 Å². The minimum absolute atomic E-state index is 0.0651. The van der Waals surface area contributed by atoms with Crippen LogP contribution >= 0.6 is 11.6 Å². The van der Waals surface area contributed by atoms with E-state index in [4.69, 9.17) is 11.6 Å². The number of aromatic nitrogens is 3. The fraction of sp³-hybridized carbons (Fsp3) is 0.292. The monoisotopic (exact) mass is 638 g/mol. The number of hydrogen-bond donors (Lipinski definition) is 2. The zero-order valence-electron chi connectivity index (χ0n) is 22.4. The van der Waals surface area contributed by atoms with E-state index in [1.807, 2.05) is 0 Å². The summed E-state index contributed by atoms with van der Waals surface area (Å²) in [6.45, 7) is 2.97. The van der Waals surface area contributed by atoms with Crippen LogP contribution in [0.15, 0.2) is 36.5 Å². The van der Waals surface area contributed by atoms with Gasteiger partial charge in [-0.3, -0.25) is 15.0 Å². The van der Waals surface area contributed by atoms with E-state index in [1.54, 1.807) is 0 Å². The van der Waals surface area contributed by atoms with Crippen molar-refractivity contribution in [3.8, 4) is 11.7 Å². The molecule has 0 aliphatic heterocycles. The Balaban J connectivity index is 2.04. The first kappa shape index (κ1) is 32.9. The first-order valence-corrected chi connectivity index (χ1v) is 12.0. The summed E-state index contributed by atoms with van der Waals surface area (Å²) in [6, 6.07) is 6.12. The number of halogens is 7. The largest absolute Gasteiger partial charge is 0.525 e. The maximum absolute atomic E-state index is 14.1. The van der Waals surface area contributed by atoms with Gasteiger partial charge in [0.05, 0.1) is 18.4 Å². The molecule has 232 valence electrons. The highest BCUT2D eigenvalue weighted by molar-refractivity contribution is 6.31. The Kier molecular flexibility index (Phi) is 9.76. The summed E-state index contributed by atoms with van der Waals surface area (Å²) in [6.07, 6.45) is -14.9. The van der Waals surface area contributed by atoms with Crippen LogP contribution in [-0.4, -0.2) is 70.7 Å². The van der Waals surface area contributed by atoms with E-state index >= 15 is 0 Å². The maximum Gasteiger partial charge on any atom is 0.525 e. The van der Waals surface area contributed by atoms with Crippen LogP contribution in [0.4, 0.5) is 36.8 Å². The smallest absolute Gasteiger partial charge is 0.452 e. The topological polar surface area (TPSA) is 137 Å². The van der Waals surface area contributed by atoms with Gasteiger partial charge < -0.3 is 14.8 Å². The maximum atomic E-state index is 14.1. The predicted molar refractivity (Wildman–Crippen MR) is 135 cm³/mol. The Morgan fingerprint density at radius 2 is 1.74 bits per heavy atom. The second-order valence-electron chi connectivity index (χ2n) is 8.54. The molecule has 0 fully saturated rings. The Hall–Kier alpha value is -4.58. The molecule has 0 aliphatic rings. The zero-order chi connectivity index (χ0) is 32.3. The predicted octanol–water partition coefficient (Wildman–Crippen LogP) is 4.94. The van der Waals surface area contributed by atoms with Crippen LogP contribution < -0.4 is 15.5 Å². The van der Waals surface area contributed by atoms with Crippen molar-refractivity contribution in [2.24, 2.45) is 0 Å². The number of nitrogens with one attached hydrogen (secondary N) is 2. The number of pyridine rings is 1. The molecule has 2 N–H and O–H groups in total. The van der Waals surface area contributed by atoms with Gasteiger partial charge in [0.1, 0.15) is 5.69 Å². The quantitative estimate of drug-likeness (QED) is 0.262. The molecule has 1 unspecified atom stereocenters.